The van der Waals surface area contributed by atoms with E-state index in [-0.39, 0.29) is 0 Å². The normalized spacial score (nSPS) is 12.2. The van der Waals surface area contributed by atoms with Crippen LogP contribution in [0.15, 0.2) is 22.0 Å². The summed E-state index contributed by atoms with van der Waals surface area (Å²) >= 11 is 2.07. The predicted octanol–water partition coefficient (Wildman–Crippen LogP) is 12.6. The fourth-order valence-corrected chi connectivity index (χ4v) is 6.38. The molecular weight excluding hydrogens is 528 g/mol. The molecule has 0 rings (SSSR count). The van der Waals surface area contributed by atoms with Crippen molar-refractivity contribution >= 4 is 23.7 Å². The first kappa shape index (κ1) is 39.8. The molecule has 0 radical (unpaired) electrons. The number of carboxylic acid groups (broad SMARTS) is 2. The third-order valence-corrected chi connectivity index (χ3v) is 9.02. The molecule has 0 aliphatic carbocycles. The Morgan fingerprint density at radius 2 is 0.732 bits per heavy atom. The number of rotatable bonds is 32. The van der Waals surface area contributed by atoms with E-state index in [1.807, 2.05) is 0 Å². The van der Waals surface area contributed by atoms with E-state index < -0.39 is 11.9 Å². The highest BCUT2D eigenvalue weighted by atomic mass is 32.2. The first-order chi connectivity index (χ1) is 20.0. The van der Waals surface area contributed by atoms with Gasteiger partial charge < -0.3 is 10.2 Å². The number of aliphatic carboxylic acids is 2. The average Bonchev–Trinajstić information content (AvgIpc) is 2.94. The van der Waals surface area contributed by atoms with Crippen molar-refractivity contribution < 1.29 is 19.8 Å². The monoisotopic (exact) mass is 594 g/mol. The van der Waals surface area contributed by atoms with Crippen LogP contribution in [0.2, 0.25) is 0 Å². The minimum atomic E-state index is -0.676. The largest absolute Gasteiger partial charge is 0.481 e. The Bertz CT molecular complexity index is 614. The number of allylic oxidation sites excluding steroid dienone is 4. The second-order valence-corrected chi connectivity index (χ2v) is 13.1. The molecule has 0 aromatic heterocycles. The van der Waals surface area contributed by atoms with Gasteiger partial charge in [0.1, 0.15) is 0 Å². The van der Waals surface area contributed by atoms with Crippen LogP contribution >= 0.6 is 11.8 Å². The van der Waals surface area contributed by atoms with Crippen molar-refractivity contribution in [3.05, 3.63) is 22.0 Å². The van der Waals surface area contributed by atoms with Crippen molar-refractivity contribution in [1.82, 2.24) is 0 Å². The van der Waals surface area contributed by atoms with Crippen LogP contribution in [0.25, 0.3) is 0 Å². The smallest absolute Gasteiger partial charge is 0.303 e. The molecule has 0 aliphatic rings. The van der Waals surface area contributed by atoms with Gasteiger partial charge in [0, 0.05) is 12.8 Å². The lowest BCUT2D eigenvalue weighted by atomic mass is 10.1. The molecule has 0 aromatic rings. The molecule has 0 unspecified atom stereocenters. The van der Waals surface area contributed by atoms with Crippen LogP contribution < -0.4 is 0 Å². The number of unbranched alkanes of at least 4 members (excludes halogenated alkanes) is 20. The molecule has 4 nitrogen and oxygen atoms in total. The second-order valence-electron chi connectivity index (χ2n) is 11.9. The van der Waals surface area contributed by atoms with E-state index in [1.54, 1.807) is 9.81 Å². The van der Waals surface area contributed by atoms with E-state index in [4.69, 9.17) is 10.2 Å². The van der Waals surface area contributed by atoms with E-state index in [0.717, 1.165) is 51.4 Å². The standard InChI is InChI=1S/C36H66O4S/c1-3-5-7-9-15-21-27-33(29-23-17-11-13-19-25-31-35(37)38)41-34(28-22-16-10-8-6-4-2)30-24-18-12-14-20-26-32-36(39)40/h29-30H,3-28,31-32H2,1-2H3,(H,37,38)(H,39,40)/b33-29-,34-30-. The Labute approximate surface area is 258 Å². The minimum Gasteiger partial charge on any atom is -0.481 e. The lowest BCUT2D eigenvalue weighted by molar-refractivity contribution is -0.138. The summed E-state index contributed by atoms with van der Waals surface area (Å²) in [6, 6.07) is 0. The summed E-state index contributed by atoms with van der Waals surface area (Å²) in [5.41, 5.74) is 0. The number of hydrogen-bond donors (Lipinski definition) is 2. The number of thioether (sulfide) groups is 1. The summed E-state index contributed by atoms with van der Waals surface area (Å²) in [4.78, 5) is 24.5. The Morgan fingerprint density at radius 3 is 1.07 bits per heavy atom. The van der Waals surface area contributed by atoms with Gasteiger partial charge in [0.25, 0.3) is 0 Å². The summed E-state index contributed by atoms with van der Waals surface area (Å²) in [6.07, 6.45) is 37.0. The van der Waals surface area contributed by atoms with Gasteiger partial charge >= 0.3 is 11.9 Å². The van der Waals surface area contributed by atoms with E-state index >= 15 is 0 Å². The highest BCUT2D eigenvalue weighted by Gasteiger charge is 2.06. The Kier molecular flexibility index (Phi) is 30.7. The molecular formula is C36H66O4S. The first-order valence-electron chi connectivity index (χ1n) is 17.5. The Morgan fingerprint density at radius 1 is 0.439 bits per heavy atom. The third kappa shape index (κ3) is 31.5. The molecule has 0 spiro atoms. The summed E-state index contributed by atoms with van der Waals surface area (Å²) < 4.78 is 0. The first-order valence-corrected chi connectivity index (χ1v) is 18.3. The van der Waals surface area contributed by atoms with Gasteiger partial charge in [0.15, 0.2) is 0 Å². The van der Waals surface area contributed by atoms with Crippen molar-refractivity contribution in [2.24, 2.45) is 0 Å². The Balaban J connectivity index is 4.89. The second kappa shape index (κ2) is 31.7. The maximum absolute atomic E-state index is 10.7. The fourth-order valence-electron chi connectivity index (χ4n) is 5.14. The highest BCUT2D eigenvalue weighted by molar-refractivity contribution is 8.06. The molecule has 0 saturated carbocycles. The lowest BCUT2D eigenvalue weighted by Crippen LogP contribution is -1.93. The molecule has 0 bridgehead atoms. The fraction of sp³-hybridized carbons (Fsp3) is 0.833. The average molecular weight is 595 g/mol. The summed E-state index contributed by atoms with van der Waals surface area (Å²) in [7, 11) is 0. The van der Waals surface area contributed by atoms with Gasteiger partial charge in [-0.2, -0.15) is 0 Å². The topological polar surface area (TPSA) is 74.6 Å². The van der Waals surface area contributed by atoms with Gasteiger partial charge in [-0.1, -0.05) is 140 Å². The van der Waals surface area contributed by atoms with Gasteiger partial charge in [-0.15, -0.1) is 0 Å². The van der Waals surface area contributed by atoms with Crippen LogP contribution in [0.1, 0.15) is 194 Å². The van der Waals surface area contributed by atoms with Gasteiger partial charge in [-0.05, 0) is 74.0 Å². The molecule has 2 N–H and O–H groups in total. The number of carboxylic acids is 2. The maximum Gasteiger partial charge on any atom is 0.303 e. The molecule has 0 aliphatic heterocycles. The molecule has 0 aromatic carbocycles. The van der Waals surface area contributed by atoms with Gasteiger partial charge in [-0.3, -0.25) is 9.59 Å². The Hall–Kier alpha value is -1.23. The summed E-state index contributed by atoms with van der Waals surface area (Å²) in [5, 5.41) is 17.6. The van der Waals surface area contributed by atoms with Crippen molar-refractivity contribution in [2.75, 3.05) is 0 Å². The SMILES string of the molecule is CCCCCCCC/C(=C/CCCCCCCC(=O)O)S/C(=C\CCCCCCCC(=O)O)CCCCCCCC. The van der Waals surface area contributed by atoms with Crippen molar-refractivity contribution in [3.8, 4) is 0 Å². The molecule has 0 atom stereocenters. The zero-order chi connectivity index (χ0) is 30.2. The van der Waals surface area contributed by atoms with Crippen LogP contribution in [0, 0.1) is 0 Å². The lowest BCUT2D eigenvalue weighted by Gasteiger charge is -2.12. The van der Waals surface area contributed by atoms with Crippen molar-refractivity contribution in [3.63, 3.8) is 0 Å². The van der Waals surface area contributed by atoms with E-state index in [9.17, 15) is 9.59 Å². The van der Waals surface area contributed by atoms with Crippen LogP contribution in [0.4, 0.5) is 0 Å². The molecule has 5 heteroatoms. The van der Waals surface area contributed by atoms with Crippen LogP contribution in [0.3, 0.4) is 0 Å². The maximum atomic E-state index is 10.7. The van der Waals surface area contributed by atoms with Gasteiger partial charge in [0.05, 0.1) is 0 Å². The number of carbonyl (C=O) groups is 2. The van der Waals surface area contributed by atoms with E-state index in [1.165, 1.54) is 116 Å². The summed E-state index contributed by atoms with van der Waals surface area (Å²) in [5.74, 6) is -1.35. The third-order valence-electron chi connectivity index (χ3n) is 7.75. The molecule has 0 fully saturated rings. The molecule has 0 heterocycles. The van der Waals surface area contributed by atoms with Crippen molar-refractivity contribution in [2.45, 2.75) is 194 Å². The highest BCUT2D eigenvalue weighted by Crippen LogP contribution is 2.34. The van der Waals surface area contributed by atoms with Crippen LogP contribution in [-0.4, -0.2) is 22.2 Å². The molecule has 0 amide bonds. The number of hydrogen-bond acceptors (Lipinski definition) is 3. The zero-order valence-electron chi connectivity index (χ0n) is 27.1. The molecule has 240 valence electrons. The molecule has 0 saturated heterocycles. The quantitative estimate of drug-likeness (QED) is 0.0758. The van der Waals surface area contributed by atoms with Crippen LogP contribution in [-0.2, 0) is 9.59 Å². The van der Waals surface area contributed by atoms with Gasteiger partial charge in [0.2, 0.25) is 0 Å². The van der Waals surface area contributed by atoms with E-state index in [0.29, 0.717) is 12.8 Å². The van der Waals surface area contributed by atoms with Crippen molar-refractivity contribution in [1.29, 1.82) is 0 Å². The van der Waals surface area contributed by atoms with Gasteiger partial charge in [-0.25, -0.2) is 0 Å². The zero-order valence-corrected chi connectivity index (χ0v) is 27.9. The minimum absolute atomic E-state index is 0.303. The predicted molar refractivity (Wildman–Crippen MR) is 180 cm³/mol. The van der Waals surface area contributed by atoms with E-state index in [2.05, 4.69) is 37.8 Å². The molecule has 41 heavy (non-hydrogen) atoms. The van der Waals surface area contributed by atoms with Crippen LogP contribution in [0.5, 0.6) is 0 Å². The summed E-state index contributed by atoms with van der Waals surface area (Å²) in [6.45, 7) is 4.56.